The quantitative estimate of drug-likeness (QED) is 0.874. The standard InChI is InChI=1S/C13H10BrFN2O/c1-9(14)8-17-13(18)7-6-12(16-17)10-4-2-3-5-11(10)15/h2-7H,1,8H2. The lowest BCUT2D eigenvalue weighted by atomic mass is 10.1. The molecule has 0 spiro atoms. The maximum atomic E-state index is 13.6. The Labute approximate surface area is 112 Å². The van der Waals surface area contributed by atoms with Gasteiger partial charge in [0.15, 0.2) is 0 Å². The van der Waals surface area contributed by atoms with Gasteiger partial charge in [0.1, 0.15) is 5.82 Å². The highest BCUT2D eigenvalue weighted by Crippen LogP contribution is 2.19. The second kappa shape index (κ2) is 5.27. The maximum Gasteiger partial charge on any atom is 0.267 e. The van der Waals surface area contributed by atoms with Crippen molar-refractivity contribution in [3.05, 3.63) is 63.6 Å². The van der Waals surface area contributed by atoms with Gasteiger partial charge in [-0.15, -0.1) is 0 Å². The van der Waals surface area contributed by atoms with Crippen molar-refractivity contribution in [2.45, 2.75) is 6.54 Å². The van der Waals surface area contributed by atoms with E-state index in [1.807, 2.05) is 0 Å². The SMILES string of the molecule is C=C(Br)Cn1nc(-c2ccccc2F)ccc1=O. The Morgan fingerprint density at radius 1 is 1.33 bits per heavy atom. The van der Waals surface area contributed by atoms with E-state index in [1.165, 1.54) is 22.9 Å². The summed E-state index contributed by atoms with van der Waals surface area (Å²) in [7, 11) is 0. The van der Waals surface area contributed by atoms with Crippen molar-refractivity contribution in [3.63, 3.8) is 0 Å². The van der Waals surface area contributed by atoms with Crippen molar-refractivity contribution in [3.8, 4) is 11.3 Å². The van der Waals surface area contributed by atoms with Crippen LogP contribution < -0.4 is 5.56 Å². The van der Waals surface area contributed by atoms with E-state index < -0.39 is 0 Å². The van der Waals surface area contributed by atoms with Gasteiger partial charge in [-0.25, -0.2) is 9.07 Å². The third-order valence-electron chi connectivity index (χ3n) is 2.34. The van der Waals surface area contributed by atoms with Crippen molar-refractivity contribution in [1.82, 2.24) is 9.78 Å². The minimum absolute atomic E-state index is 0.251. The van der Waals surface area contributed by atoms with Crippen LogP contribution in [0.5, 0.6) is 0 Å². The van der Waals surface area contributed by atoms with Crippen LogP contribution in [0.2, 0.25) is 0 Å². The Morgan fingerprint density at radius 2 is 2.06 bits per heavy atom. The molecular weight excluding hydrogens is 299 g/mol. The molecule has 0 unspecified atom stereocenters. The minimum Gasteiger partial charge on any atom is -0.268 e. The molecule has 0 saturated carbocycles. The van der Waals surface area contributed by atoms with Gasteiger partial charge < -0.3 is 0 Å². The van der Waals surface area contributed by atoms with E-state index in [2.05, 4.69) is 27.6 Å². The molecule has 2 rings (SSSR count). The molecule has 1 heterocycles. The summed E-state index contributed by atoms with van der Waals surface area (Å²) < 4.78 is 15.5. The highest BCUT2D eigenvalue weighted by molar-refractivity contribution is 9.11. The van der Waals surface area contributed by atoms with E-state index in [4.69, 9.17) is 0 Å². The summed E-state index contributed by atoms with van der Waals surface area (Å²) in [5.74, 6) is -0.368. The van der Waals surface area contributed by atoms with Crippen molar-refractivity contribution in [2.24, 2.45) is 0 Å². The van der Waals surface area contributed by atoms with Gasteiger partial charge in [-0.05, 0) is 18.2 Å². The van der Waals surface area contributed by atoms with Crippen LogP contribution in [0, 0.1) is 5.82 Å². The average molecular weight is 309 g/mol. The summed E-state index contributed by atoms with van der Waals surface area (Å²) in [5, 5.41) is 4.12. The molecule has 18 heavy (non-hydrogen) atoms. The van der Waals surface area contributed by atoms with Gasteiger partial charge in [0, 0.05) is 16.1 Å². The fourth-order valence-corrected chi connectivity index (χ4v) is 1.77. The number of rotatable bonds is 3. The number of halogens is 2. The first-order chi connectivity index (χ1) is 8.58. The molecule has 0 amide bonds. The van der Waals surface area contributed by atoms with Crippen molar-refractivity contribution < 1.29 is 4.39 Å². The van der Waals surface area contributed by atoms with Gasteiger partial charge in [0.25, 0.3) is 5.56 Å². The largest absolute Gasteiger partial charge is 0.268 e. The van der Waals surface area contributed by atoms with Crippen LogP contribution in [-0.4, -0.2) is 9.78 Å². The molecule has 5 heteroatoms. The predicted octanol–water partition coefficient (Wildman–Crippen LogP) is 2.96. The zero-order valence-electron chi connectivity index (χ0n) is 9.44. The molecule has 2 aromatic rings. The zero-order valence-corrected chi connectivity index (χ0v) is 11.0. The molecule has 0 saturated heterocycles. The molecule has 0 aliphatic rings. The van der Waals surface area contributed by atoms with Crippen LogP contribution in [0.4, 0.5) is 4.39 Å². The highest BCUT2D eigenvalue weighted by atomic mass is 79.9. The minimum atomic E-state index is -0.368. The number of hydrogen-bond donors (Lipinski definition) is 0. The molecule has 0 bridgehead atoms. The molecule has 1 aromatic heterocycles. The Kier molecular flexibility index (Phi) is 3.72. The lowest BCUT2D eigenvalue weighted by Crippen LogP contribution is -2.22. The molecule has 3 nitrogen and oxygen atoms in total. The maximum absolute atomic E-state index is 13.6. The molecule has 0 fully saturated rings. The van der Waals surface area contributed by atoms with Crippen LogP contribution in [0.15, 0.2) is 52.3 Å². The summed E-state index contributed by atoms with van der Waals surface area (Å²) in [6.45, 7) is 3.91. The van der Waals surface area contributed by atoms with Crippen LogP contribution in [0.3, 0.4) is 0 Å². The second-order valence-electron chi connectivity index (χ2n) is 3.71. The summed E-state index contributed by atoms with van der Waals surface area (Å²) in [6, 6.07) is 9.18. The van der Waals surface area contributed by atoms with Gasteiger partial charge in [-0.1, -0.05) is 34.6 Å². The number of aromatic nitrogens is 2. The fourth-order valence-electron chi connectivity index (χ4n) is 1.54. The van der Waals surface area contributed by atoms with E-state index in [1.54, 1.807) is 18.2 Å². The number of nitrogens with zero attached hydrogens (tertiary/aromatic N) is 2. The molecule has 0 radical (unpaired) electrons. The Hall–Kier alpha value is -1.75. The lowest BCUT2D eigenvalue weighted by molar-refractivity contribution is 0.623. The van der Waals surface area contributed by atoms with Crippen LogP contribution >= 0.6 is 15.9 Å². The topological polar surface area (TPSA) is 34.9 Å². The Balaban J connectivity index is 2.51. The first kappa shape index (κ1) is 12.7. The van der Waals surface area contributed by atoms with Crippen LogP contribution in [0.25, 0.3) is 11.3 Å². The third-order valence-corrected chi connectivity index (χ3v) is 2.59. The van der Waals surface area contributed by atoms with Gasteiger partial charge in [-0.2, -0.15) is 5.10 Å². The summed E-state index contributed by atoms with van der Waals surface area (Å²) in [6.07, 6.45) is 0. The number of hydrogen-bond acceptors (Lipinski definition) is 2. The van der Waals surface area contributed by atoms with Crippen molar-refractivity contribution >= 4 is 15.9 Å². The smallest absolute Gasteiger partial charge is 0.267 e. The van der Waals surface area contributed by atoms with E-state index in [0.717, 1.165) is 0 Å². The number of benzene rings is 1. The zero-order chi connectivity index (χ0) is 13.1. The monoisotopic (exact) mass is 308 g/mol. The predicted molar refractivity (Wildman–Crippen MR) is 72.0 cm³/mol. The van der Waals surface area contributed by atoms with E-state index in [0.29, 0.717) is 15.7 Å². The Bertz CT molecular complexity index is 651. The van der Waals surface area contributed by atoms with Gasteiger partial charge >= 0.3 is 0 Å². The fraction of sp³-hybridized carbons (Fsp3) is 0.0769. The Morgan fingerprint density at radius 3 is 2.72 bits per heavy atom. The van der Waals surface area contributed by atoms with Crippen molar-refractivity contribution in [1.29, 1.82) is 0 Å². The molecule has 1 aromatic carbocycles. The lowest BCUT2D eigenvalue weighted by Gasteiger charge is -2.06. The summed E-state index contributed by atoms with van der Waals surface area (Å²) >= 11 is 3.17. The molecule has 0 aliphatic heterocycles. The molecule has 0 atom stereocenters. The first-order valence-corrected chi connectivity index (χ1v) is 6.03. The normalized spacial score (nSPS) is 10.3. The second-order valence-corrected chi connectivity index (χ2v) is 4.83. The van der Waals surface area contributed by atoms with E-state index in [9.17, 15) is 9.18 Å². The summed E-state index contributed by atoms with van der Waals surface area (Å²) in [4.78, 5) is 11.6. The van der Waals surface area contributed by atoms with Crippen LogP contribution in [-0.2, 0) is 6.54 Å². The van der Waals surface area contributed by atoms with Gasteiger partial charge in [-0.3, -0.25) is 4.79 Å². The molecule has 0 aliphatic carbocycles. The van der Waals surface area contributed by atoms with Crippen LogP contribution in [0.1, 0.15) is 0 Å². The third kappa shape index (κ3) is 2.73. The number of allylic oxidation sites excluding steroid dienone is 1. The molecular formula is C13H10BrFN2O. The highest BCUT2D eigenvalue weighted by Gasteiger charge is 2.07. The average Bonchev–Trinajstić information content (AvgIpc) is 2.32. The van der Waals surface area contributed by atoms with Gasteiger partial charge in [0.2, 0.25) is 0 Å². The van der Waals surface area contributed by atoms with E-state index in [-0.39, 0.29) is 17.9 Å². The van der Waals surface area contributed by atoms with Gasteiger partial charge in [0.05, 0.1) is 12.2 Å². The molecule has 0 N–H and O–H groups in total. The summed E-state index contributed by atoms with van der Waals surface area (Å²) in [5.41, 5.74) is 0.531. The first-order valence-electron chi connectivity index (χ1n) is 5.24. The van der Waals surface area contributed by atoms with E-state index >= 15 is 0 Å². The van der Waals surface area contributed by atoms with Crippen molar-refractivity contribution in [2.75, 3.05) is 0 Å². The molecule has 92 valence electrons.